The van der Waals surface area contributed by atoms with Gasteiger partial charge < -0.3 is 10.1 Å². The average molecular weight is 360 g/mol. The third-order valence-electron chi connectivity index (χ3n) is 4.30. The largest absolute Gasteiger partial charge is 0.465 e. The molecule has 1 heterocycles. The molecular weight excluding hydrogens is 342 g/mol. The first-order valence-electron chi connectivity index (χ1n) is 8.12. The zero-order valence-corrected chi connectivity index (χ0v) is 14.5. The molecular formula is C18H18ClN3O3. The molecule has 0 unspecified atom stereocenters. The van der Waals surface area contributed by atoms with Crippen molar-refractivity contribution in [1.29, 1.82) is 0 Å². The van der Waals surface area contributed by atoms with Gasteiger partial charge in [0.1, 0.15) is 11.2 Å². The number of esters is 1. The smallest absolute Gasteiger partial charge is 0.319 e. The molecule has 6 nitrogen and oxygen atoms in total. The number of nitrogens with one attached hydrogen (secondary N) is 1. The maximum absolute atomic E-state index is 12.2. The molecule has 1 saturated carbocycles. The van der Waals surface area contributed by atoms with Crippen LogP contribution in [-0.4, -0.2) is 28.5 Å². The second kappa shape index (κ2) is 7.19. The minimum absolute atomic E-state index is 0.281. The standard InChI is InChI=1S/C18H18ClN3O3/c1-2-25-17(24)18(7-4-8-18)16-20-10-14(11-21-16)22-15(23)12-5-3-6-13(19)9-12/h3,5-6,9-11H,2,4,7-8H2,1H3,(H,22,23). The van der Waals surface area contributed by atoms with E-state index in [2.05, 4.69) is 15.3 Å². The van der Waals surface area contributed by atoms with Crippen molar-refractivity contribution in [3.8, 4) is 0 Å². The summed E-state index contributed by atoms with van der Waals surface area (Å²) in [7, 11) is 0. The molecule has 0 spiro atoms. The number of nitrogens with zero attached hydrogens (tertiary/aromatic N) is 2. The first-order valence-corrected chi connectivity index (χ1v) is 8.49. The minimum Gasteiger partial charge on any atom is -0.465 e. The van der Waals surface area contributed by atoms with E-state index in [0.29, 0.717) is 41.5 Å². The molecule has 0 saturated heterocycles. The Morgan fingerprint density at radius 1 is 1.28 bits per heavy atom. The molecule has 130 valence electrons. The van der Waals surface area contributed by atoms with Gasteiger partial charge in [0.15, 0.2) is 0 Å². The fraction of sp³-hybridized carbons (Fsp3) is 0.333. The number of carbonyl (C=O) groups is 2. The van der Waals surface area contributed by atoms with Crippen LogP contribution in [0.4, 0.5) is 5.69 Å². The van der Waals surface area contributed by atoms with E-state index in [4.69, 9.17) is 16.3 Å². The summed E-state index contributed by atoms with van der Waals surface area (Å²) in [6.07, 6.45) is 5.31. The van der Waals surface area contributed by atoms with E-state index < -0.39 is 5.41 Å². The number of halogens is 1. The van der Waals surface area contributed by atoms with Crippen molar-refractivity contribution >= 4 is 29.2 Å². The van der Waals surface area contributed by atoms with Gasteiger partial charge in [-0.3, -0.25) is 9.59 Å². The number of amides is 1. The topological polar surface area (TPSA) is 81.2 Å². The first kappa shape index (κ1) is 17.4. The summed E-state index contributed by atoms with van der Waals surface area (Å²) in [5.74, 6) is -0.141. The number of carbonyl (C=O) groups excluding carboxylic acids is 2. The van der Waals surface area contributed by atoms with E-state index in [1.807, 2.05) is 0 Å². The predicted octanol–water partition coefficient (Wildman–Crippen LogP) is 3.37. The van der Waals surface area contributed by atoms with Crippen LogP contribution in [0.5, 0.6) is 0 Å². The first-order chi connectivity index (χ1) is 12.0. The van der Waals surface area contributed by atoms with Gasteiger partial charge >= 0.3 is 5.97 Å². The number of ether oxygens (including phenoxy) is 1. The van der Waals surface area contributed by atoms with E-state index >= 15 is 0 Å². The van der Waals surface area contributed by atoms with Crippen LogP contribution in [-0.2, 0) is 14.9 Å². The monoisotopic (exact) mass is 359 g/mol. The molecule has 1 aliphatic rings. The highest BCUT2D eigenvalue weighted by Crippen LogP contribution is 2.43. The van der Waals surface area contributed by atoms with Crippen molar-refractivity contribution < 1.29 is 14.3 Å². The van der Waals surface area contributed by atoms with Crippen molar-refractivity contribution in [2.75, 3.05) is 11.9 Å². The van der Waals surface area contributed by atoms with E-state index in [9.17, 15) is 9.59 Å². The van der Waals surface area contributed by atoms with Crippen molar-refractivity contribution in [2.45, 2.75) is 31.6 Å². The number of aromatic nitrogens is 2. The van der Waals surface area contributed by atoms with Gasteiger partial charge in [-0.05, 0) is 38.0 Å². The van der Waals surface area contributed by atoms with Crippen molar-refractivity contribution in [3.63, 3.8) is 0 Å². The van der Waals surface area contributed by atoms with Crippen LogP contribution >= 0.6 is 11.6 Å². The van der Waals surface area contributed by atoms with Crippen LogP contribution < -0.4 is 5.32 Å². The van der Waals surface area contributed by atoms with Crippen LogP contribution in [0.15, 0.2) is 36.7 Å². The van der Waals surface area contributed by atoms with Gasteiger partial charge in [0, 0.05) is 10.6 Å². The summed E-state index contributed by atoms with van der Waals surface area (Å²) in [5, 5.41) is 3.20. The quantitative estimate of drug-likeness (QED) is 0.828. The Balaban J connectivity index is 1.74. The normalized spacial score (nSPS) is 15.1. The maximum atomic E-state index is 12.2. The fourth-order valence-electron chi connectivity index (χ4n) is 2.79. The van der Waals surface area contributed by atoms with Gasteiger partial charge in [-0.25, -0.2) is 9.97 Å². The second-order valence-corrected chi connectivity index (χ2v) is 6.35. The maximum Gasteiger partial charge on any atom is 0.319 e. The molecule has 1 aliphatic carbocycles. The molecule has 7 heteroatoms. The lowest BCUT2D eigenvalue weighted by Crippen LogP contribution is -2.45. The molecule has 1 aromatic heterocycles. The summed E-state index contributed by atoms with van der Waals surface area (Å²) >= 11 is 5.89. The lowest BCUT2D eigenvalue weighted by Gasteiger charge is -2.37. The van der Waals surface area contributed by atoms with Crippen LogP contribution in [0.3, 0.4) is 0 Å². The molecule has 3 rings (SSSR count). The van der Waals surface area contributed by atoms with Crippen LogP contribution in [0, 0.1) is 0 Å². The van der Waals surface area contributed by atoms with E-state index in [1.165, 1.54) is 12.4 Å². The number of hydrogen-bond donors (Lipinski definition) is 1. The van der Waals surface area contributed by atoms with Crippen molar-refractivity contribution in [1.82, 2.24) is 9.97 Å². The lowest BCUT2D eigenvalue weighted by molar-refractivity contribution is -0.154. The van der Waals surface area contributed by atoms with Gasteiger partial charge in [0.2, 0.25) is 0 Å². The molecule has 0 bridgehead atoms. The SMILES string of the molecule is CCOC(=O)C1(c2ncc(NC(=O)c3cccc(Cl)c3)cn2)CCC1. The minimum atomic E-state index is -0.745. The van der Waals surface area contributed by atoms with Crippen LogP contribution in [0.25, 0.3) is 0 Å². The molecule has 25 heavy (non-hydrogen) atoms. The Hall–Kier alpha value is -2.47. The van der Waals surface area contributed by atoms with E-state index in [-0.39, 0.29) is 11.9 Å². The van der Waals surface area contributed by atoms with E-state index in [0.717, 1.165) is 6.42 Å². The Bertz CT molecular complexity index is 788. The van der Waals surface area contributed by atoms with Crippen molar-refractivity contribution in [3.05, 3.63) is 53.1 Å². The van der Waals surface area contributed by atoms with E-state index in [1.54, 1.807) is 31.2 Å². The van der Waals surface area contributed by atoms with Crippen molar-refractivity contribution in [2.24, 2.45) is 0 Å². The fourth-order valence-corrected chi connectivity index (χ4v) is 2.98. The Labute approximate surface area is 150 Å². The molecule has 0 radical (unpaired) electrons. The highest BCUT2D eigenvalue weighted by molar-refractivity contribution is 6.31. The summed E-state index contributed by atoms with van der Waals surface area (Å²) in [5.41, 5.74) is 0.150. The number of benzene rings is 1. The zero-order valence-electron chi connectivity index (χ0n) is 13.8. The zero-order chi connectivity index (χ0) is 17.9. The molecule has 0 aliphatic heterocycles. The summed E-state index contributed by atoms with van der Waals surface area (Å²) in [6, 6.07) is 6.65. The molecule has 2 aromatic rings. The lowest BCUT2D eigenvalue weighted by atomic mass is 9.68. The average Bonchev–Trinajstić information content (AvgIpc) is 2.55. The third kappa shape index (κ3) is 3.49. The highest BCUT2D eigenvalue weighted by Gasteiger charge is 2.49. The Morgan fingerprint density at radius 3 is 2.56 bits per heavy atom. The summed E-state index contributed by atoms with van der Waals surface area (Å²) in [6.45, 7) is 2.11. The van der Waals surface area contributed by atoms with Crippen LogP contribution in [0.2, 0.25) is 5.02 Å². The molecule has 1 N–H and O–H groups in total. The second-order valence-electron chi connectivity index (χ2n) is 5.92. The predicted molar refractivity (Wildman–Crippen MR) is 93.6 cm³/mol. The van der Waals surface area contributed by atoms with Crippen LogP contribution in [0.1, 0.15) is 42.4 Å². The van der Waals surface area contributed by atoms with Gasteiger partial charge in [-0.15, -0.1) is 0 Å². The molecule has 1 amide bonds. The molecule has 1 fully saturated rings. The summed E-state index contributed by atoms with van der Waals surface area (Å²) in [4.78, 5) is 33.0. The van der Waals surface area contributed by atoms with Gasteiger partial charge in [0.25, 0.3) is 5.91 Å². The summed E-state index contributed by atoms with van der Waals surface area (Å²) < 4.78 is 5.17. The Kier molecular flexibility index (Phi) is 4.99. The number of rotatable bonds is 5. The molecule has 1 aromatic carbocycles. The highest BCUT2D eigenvalue weighted by atomic mass is 35.5. The van der Waals surface area contributed by atoms with Gasteiger partial charge in [-0.2, -0.15) is 0 Å². The number of anilines is 1. The third-order valence-corrected chi connectivity index (χ3v) is 4.53. The Morgan fingerprint density at radius 2 is 2.00 bits per heavy atom. The van der Waals surface area contributed by atoms with Gasteiger partial charge in [-0.1, -0.05) is 24.1 Å². The number of hydrogen-bond acceptors (Lipinski definition) is 5. The molecule has 0 atom stereocenters. The van der Waals surface area contributed by atoms with Gasteiger partial charge in [0.05, 0.1) is 24.7 Å².